The first-order chi connectivity index (χ1) is 10.5. The smallest absolute Gasteiger partial charge is 0.320 e. The van der Waals surface area contributed by atoms with E-state index in [2.05, 4.69) is 28.5 Å². The van der Waals surface area contributed by atoms with Crippen molar-refractivity contribution >= 4 is 5.97 Å². The second-order valence-corrected chi connectivity index (χ2v) is 6.68. The molecule has 0 saturated carbocycles. The van der Waals surface area contributed by atoms with Gasteiger partial charge in [0.15, 0.2) is 0 Å². The van der Waals surface area contributed by atoms with E-state index in [1.165, 1.54) is 0 Å². The average Bonchev–Trinajstić information content (AvgIpc) is 2.49. The predicted molar refractivity (Wildman–Crippen MR) is 86.2 cm³/mol. The molecule has 2 fully saturated rings. The highest BCUT2D eigenvalue weighted by molar-refractivity contribution is 5.73. The van der Waals surface area contributed by atoms with Gasteiger partial charge in [0.05, 0.1) is 12.7 Å². The molecule has 2 atom stereocenters. The van der Waals surface area contributed by atoms with Gasteiger partial charge in [-0.05, 0) is 20.3 Å². The van der Waals surface area contributed by atoms with Gasteiger partial charge < -0.3 is 9.84 Å². The predicted octanol–water partition coefficient (Wildman–Crippen LogP) is 0.576. The summed E-state index contributed by atoms with van der Waals surface area (Å²) in [6, 6.07) is 0.244. The Morgan fingerprint density at radius 2 is 1.86 bits per heavy atom. The number of hydrogen-bond acceptors (Lipinski definition) is 5. The molecule has 2 aliphatic rings. The van der Waals surface area contributed by atoms with Crippen molar-refractivity contribution in [3.63, 3.8) is 0 Å². The molecule has 0 aromatic carbocycles. The van der Waals surface area contributed by atoms with E-state index >= 15 is 0 Å². The summed E-state index contributed by atoms with van der Waals surface area (Å²) in [5.41, 5.74) is 0. The molecule has 0 spiro atoms. The fraction of sp³-hybridized carbons (Fsp3) is 0.938. The maximum absolute atomic E-state index is 11.2. The van der Waals surface area contributed by atoms with Crippen molar-refractivity contribution in [2.45, 2.75) is 45.4 Å². The van der Waals surface area contributed by atoms with Crippen LogP contribution in [0, 0.1) is 0 Å². The van der Waals surface area contributed by atoms with E-state index in [9.17, 15) is 9.90 Å². The highest BCUT2D eigenvalue weighted by atomic mass is 16.5. The highest BCUT2D eigenvalue weighted by Gasteiger charge is 2.29. The first-order valence-electron chi connectivity index (χ1n) is 8.56. The van der Waals surface area contributed by atoms with Gasteiger partial charge in [-0.15, -0.1) is 0 Å². The summed E-state index contributed by atoms with van der Waals surface area (Å²) >= 11 is 0. The molecule has 0 aliphatic carbocycles. The van der Waals surface area contributed by atoms with E-state index in [4.69, 9.17) is 4.74 Å². The van der Waals surface area contributed by atoms with Crippen molar-refractivity contribution in [3.05, 3.63) is 0 Å². The molecule has 2 unspecified atom stereocenters. The van der Waals surface area contributed by atoms with Gasteiger partial charge in [-0.25, -0.2) is 0 Å². The minimum Gasteiger partial charge on any atom is -0.480 e. The highest BCUT2D eigenvalue weighted by Crippen LogP contribution is 2.13. The Kier molecular flexibility index (Phi) is 6.62. The number of hydrogen-bond donors (Lipinski definition) is 1. The Bertz CT molecular complexity index is 357. The molecule has 2 rings (SSSR count). The Morgan fingerprint density at radius 1 is 1.18 bits per heavy atom. The average molecular weight is 313 g/mol. The largest absolute Gasteiger partial charge is 0.480 e. The monoisotopic (exact) mass is 313 g/mol. The lowest BCUT2D eigenvalue weighted by atomic mass is 10.1. The first-order valence-corrected chi connectivity index (χ1v) is 8.56. The molecule has 0 aromatic rings. The number of aliphatic carboxylic acids is 1. The number of ether oxygens (including phenoxy) is 1. The van der Waals surface area contributed by atoms with Gasteiger partial charge in [-0.3, -0.25) is 19.5 Å². The maximum Gasteiger partial charge on any atom is 0.320 e. The molecule has 0 aromatic heterocycles. The molecule has 1 N–H and O–H groups in total. The topological polar surface area (TPSA) is 56.2 Å². The summed E-state index contributed by atoms with van der Waals surface area (Å²) in [6.07, 6.45) is 0.953. The summed E-state index contributed by atoms with van der Waals surface area (Å²) < 4.78 is 5.90. The van der Waals surface area contributed by atoms with Crippen LogP contribution in [0.5, 0.6) is 0 Å². The van der Waals surface area contributed by atoms with Gasteiger partial charge in [0, 0.05) is 51.9 Å². The van der Waals surface area contributed by atoms with Crippen molar-refractivity contribution in [3.8, 4) is 0 Å². The fourth-order valence-electron chi connectivity index (χ4n) is 3.46. The number of piperazine rings is 1. The number of nitrogens with zero attached hydrogens (tertiary/aromatic N) is 3. The van der Waals surface area contributed by atoms with Crippen LogP contribution in [0.4, 0.5) is 0 Å². The van der Waals surface area contributed by atoms with Crippen LogP contribution in [0.1, 0.15) is 27.2 Å². The third kappa shape index (κ3) is 4.65. The molecule has 22 heavy (non-hydrogen) atoms. The van der Waals surface area contributed by atoms with Crippen LogP contribution in [0.15, 0.2) is 0 Å². The SMILES string of the molecule is CCC(C(=O)O)N1CCN(CC2CN(C(C)C)CCO2)CC1. The zero-order valence-corrected chi connectivity index (χ0v) is 14.2. The second-order valence-electron chi connectivity index (χ2n) is 6.68. The zero-order chi connectivity index (χ0) is 16.1. The van der Waals surface area contributed by atoms with E-state index < -0.39 is 5.97 Å². The second kappa shape index (κ2) is 8.24. The van der Waals surface area contributed by atoms with Crippen LogP contribution < -0.4 is 0 Å². The number of rotatable bonds is 6. The number of carboxylic acid groups (broad SMARTS) is 1. The van der Waals surface area contributed by atoms with Gasteiger partial charge in [0.1, 0.15) is 6.04 Å². The van der Waals surface area contributed by atoms with Crippen LogP contribution in [-0.4, -0.2) is 96.4 Å². The van der Waals surface area contributed by atoms with Crippen LogP contribution in [-0.2, 0) is 9.53 Å². The Hall–Kier alpha value is -0.690. The lowest BCUT2D eigenvalue weighted by Gasteiger charge is -2.41. The maximum atomic E-state index is 11.2. The minimum absolute atomic E-state index is 0.282. The molecule has 0 radical (unpaired) electrons. The standard InChI is InChI=1S/C16H31N3O3/c1-4-15(16(20)21)18-7-5-17(6-8-18)11-14-12-19(13(2)3)9-10-22-14/h13-15H,4-12H2,1-3H3,(H,20,21). The normalized spacial score (nSPS) is 27.2. The molecule has 0 amide bonds. The molecular weight excluding hydrogens is 282 g/mol. The quantitative estimate of drug-likeness (QED) is 0.774. The Morgan fingerprint density at radius 3 is 2.41 bits per heavy atom. The Balaban J connectivity index is 1.76. The van der Waals surface area contributed by atoms with Crippen LogP contribution >= 0.6 is 0 Å². The number of carbonyl (C=O) groups is 1. The molecule has 6 nitrogen and oxygen atoms in total. The summed E-state index contributed by atoms with van der Waals surface area (Å²) in [6.45, 7) is 13.8. The lowest BCUT2D eigenvalue weighted by molar-refractivity contribution is -0.144. The summed E-state index contributed by atoms with van der Waals surface area (Å²) in [5, 5.41) is 9.25. The van der Waals surface area contributed by atoms with E-state index in [0.29, 0.717) is 12.5 Å². The number of carboxylic acids is 1. The fourth-order valence-corrected chi connectivity index (χ4v) is 3.46. The molecule has 2 heterocycles. The molecule has 2 aliphatic heterocycles. The third-order valence-corrected chi connectivity index (χ3v) is 4.88. The van der Waals surface area contributed by atoms with Gasteiger partial charge in [0.25, 0.3) is 0 Å². The summed E-state index contributed by atoms with van der Waals surface area (Å²) in [5.74, 6) is -0.695. The zero-order valence-electron chi connectivity index (χ0n) is 14.2. The van der Waals surface area contributed by atoms with E-state index in [1.54, 1.807) is 0 Å². The van der Waals surface area contributed by atoms with Gasteiger partial charge in [-0.1, -0.05) is 6.92 Å². The van der Waals surface area contributed by atoms with Crippen LogP contribution in [0.3, 0.4) is 0 Å². The summed E-state index contributed by atoms with van der Waals surface area (Å²) in [7, 11) is 0. The van der Waals surface area contributed by atoms with Crippen molar-refractivity contribution in [1.82, 2.24) is 14.7 Å². The minimum atomic E-state index is -0.695. The Labute approximate surface area is 134 Å². The van der Waals surface area contributed by atoms with Crippen LogP contribution in [0.2, 0.25) is 0 Å². The third-order valence-electron chi connectivity index (χ3n) is 4.88. The van der Waals surface area contributed by atoms with E-state index in [0.717, 1.165) is 52.4 Å². The first kappa shape index (κ1) is 17.7. The van der Waals surface area contributed by atoms with Crippen molar-refractivity contribution in [2.24, 2.45) is 0 Å². The van der Waals surface area contributed by atoms with Gasteiger partial charge >= 0.3 is 5.97 Å². The molecular formula is C16H31N3O3. The van der Waals surface area contributed by atoms with Crippen LogP contribution in [0.25, 0.3) is 0 Å². The van der Waals surface area contributed by atoms with Crippen molar-refractivity contribution in [1.29, 1.82) is 0 Å². The van der Waals surface area contributed by atoms with Gasteiger partial charge in [0.2, 0.25) is 0 Å². The van der Waals surface area contributed by atoms with Crippen molar-refractivity contribution < 1.29 is 14.6 Å². The number of morpholine rings is 1. The van der Waals surface area contributed by atoms with E-state index in [-0.39, 0.29) is 12.1 Å². The van der Waals surface area contributed by atoms with E-state index in [1.807, 2.05) is 6.92 Å². The molecule has 0 bridgehead atoms. The van der Waals surface area contributed by atoms with Crippen molar-refractivity contribution in [2.75, 3.05) is 52.4 Å². The van der Waals surface area contributed by atoms with Gasteiger partial charge in [-0.2, -0.15) is 0 Å². The molecule has 6 heteroatoms. The molecule has 2 saturated heterocycles. The molecule has 128 valence electrons. The summed E-state index contributed by atoms with van der Waals surface area (Å²) in [4.78, 5) is 18.2. The lowest BCUT2D eigenvalue weighted by Crippen LogP contribution is -2.56.